The molecule has 64 valence electrons. The van der Waals surface area contributed by atoms with Crippen LogP contribution in [0.3, 0.4) is 0 Å². The first-order chi connectivity index (χ1) is 5.71. The summed E-state index contributed by atoms with van der Waals surface area (Å²) in [5, 5.41) is 0. The van der Waals surface area contributed by atoms with E-state index in [1.165, 1.54) is 11.1 Å². The molecule has 1 aromatic rings. The maximum absolute atomic E-state index is 5.19. The Morgan fingerprint density at radius 1 is 1.42 bits per heavy atom. The number of ether oxygens (including phenoxy) is 1. The molecule has 1 saturated heterocycles. The van der Waals surface area contributed by atoms with Gasteiger partial charge < -0.3 is 4.74 Å². The van der Waals surface area contributed by atoms with Gasteiger partial charge in [0, 0.05) is 0 Å². The van der Waals surface area contributed by atoms with Crippen molar-refractivity contribution in [3.63, 3.8) is 0 Å². The highest BCUT2D eigenvalue weighted by Gasteiger charge is 2.37. The highest BCUT2D eigenvalue weighted by atomic mass is 79.9. The molecule has 0 unspecified atom stereocenters. The third-order valence-electron chi connectivity index (χ3n) is 2.20. The highest BCUT2D eigenvalue weighted by Crippen LogP contribution is 2.38. The average Bonchev–Trinajstić information content (AvgIpc) is 2.00. The Morgan fingerprint density at radius 2 is 2.17 bits per heavy atom. The fraction of sp³-hybridized carbons (Fsp3) is 0.400. The molecule has 2 rings (SSSR count). The number of benzene rings is 1. The van der Waals surface area contributed by atoms with Crippen molar-refractivity contribution in [1.29, 1.82) is 0 Å². The molecule has 0 aromatic heterocycles. The number of alkyl halides is 1. The standard InChI is InChI=1S/C10H11BrO/c1-8-3-2-4-9(5-8)10(11)6-12-7-10/h2-5H,6-7H2,1H3. The minimum Gasteiger partial charge on any atom is -0.378 e. The van der Waals surface area contributed by atoms with Crippen molar-refractivity contribution in [3.8, 4) is 0 Å². The van der Waals surface area contributed by atoms with E-state index in [0.717, 1.165) is 13.2 Å². The van der Waals surface area contributed by atoms with Gasteiger partial charge in [0.25, 0.3) is 0 Å². The molecule has 0 radical (unpaired) electrons. The summed E-state index contributed by atoms with van der Waals surface area (Å²) in [6.45, 7) is 3.69. The van der Waals surface area contributed by atoms with Gasteiger partial charge in [-0.15, -0.1) is 0 Å². The van der Waals surface area contributed by atoms with Gasteiger partial charge in [-0.2, -0.15) is 0 Å². The zero-order chi connectivity index (χ0) is 8.60. The topological polar surface area (TPSA) is 9.23 Å². The normalized spacial score (nSPS) is 20.2. The number of hydrogen-bond donors (Lipinski definition) is 0. The van der Waals surface area contributed by atoms with Crippen molar-refractivity contribution in [3.05, 3.63) is 35.4 Å². The summed E-state index contributed by atoms with van der Waals surface area (Å²) in [5.41, 5.74) is 2.63. The Morgan fingerprint density at radius 3 is 2.67 bits per heavy atom. The van der Waals surface area contributed by atoms with E-state index < -0.39 is 0 Å². The number of halogens is 1. The van der Waals surface area contributed by atoms with Gasteiger partial charge in [-0.1, -0.05) is 45.8 Å². The van der Waals surface area contributed by atoms with E-state index in [9.17, 15) is 0 Å². The predicted molar refractivity (Wildman–Crippen MR) is 52.6 cm³/mol. The van der Waals surface area contributed by atoms with Gasteiger partial charge in [-0.25, -0.2) is 0 Å². The molecule has 2 heteroatoms. The number of hydrogen-bond acceptors (Lipinski definition) is 1. The summed E-state index contributed by atoms with van der Waals surface area (Å²) in [5.74, 6) is 0. The molecule has 1 heterocycles. The molecule has 0 saturated carbocycles. The van der Waals surface area contributed by atoms with Crippen LogP contribution in [-0.2, 0) is 9.06 Å². The maximum Gasteiger partial charge on any atom is 0.0971 e. The molecule has 1 aromatic carbocycles. The van der Waals surface area contributed by atoms with E-state index in [-0.39, 0.29) is 4.32 Å². The third kappa shape index (κ3) is 1.29. The first-order valence-corrected chi connectivity index (χ1v) is 4.84. The van der Waals surface area contributed by atoms with Gasteiger partial charge in [-0.3, -0.25) is 0 Å². The summed E-state index contributed by atoms with van der Waals surface area (Å²) < 4.78 is 5.28. The molecule has 12 heavy (non-hydrogen) atoms. The van der Waals surface area contributed by atoms with Crippen LogP contribution in [0.5, 0.6) is 0 Å². The van der Waals surface area contributed by atoms with Crippen molar-refractivity contribution in [2.24, 2.45) is 0 Å². The summed E-state index contributed by atoms with van der Waals surface area (Å²) in [6, 6.07) is 8.55. The first kappa shape index (κ1) is 8.27. The van der Waals surface area contributed by atoms with E-state index in [0.29, 0.717) is 0 Å². The average molecular weight is 227 g/mol. The van der Waals surface area contributed by atoms with E-state index >= 15 is 0 Å². The van der Waals surface area contributed by atoms with Crippen molar-refractivity contribution in [2.45, 2.75) is 11.2 Å². The van der Waals surface area contributed by atoms with Gasteiger partial charge in [0.1, 0.15) is 0 Å². The first-order valence-electron chi connectivity index (χ1n) is 4.04. The van der Waals surface area contributed by atoms with Crippen molar-refractivity contribution < 1.29 is 4.74 Å². The summed E-state index contributed by atoms with van der Waals surface area (Å²) >= 11 is 3.69. The lowest BCUT2D eigenvalue weighted by Crippen LogP contribution is -2.40. The Balaban J connectivity index is 2.33. The van der Waals surface area contributed by atoms with Crippen LogP contribution in [0.15, 0.2) is 24.3 Å². The van der Waals surface area contributed by atoms with Crippen LogP contribution in [-0.4, -0.2) is 13.2 Å². The van der Waals surface area contributed by atoms with Crippen molar-refractivity contribution in [1.82, 2.24) is 0 Å². The fourth-order valence-electron chi connectivity index (χ4n) is 1.37. The molecular weight excluding hydrogens is 216 g/mol. The molecule has 0 aliphatic carbocycles. The van der Waals surface area contributed by atoms with Crippen LogP contribution in [0.2, 0.25) is 0 Å². The monoisotopic (exact) mass is 226 g/mol. The van der Waals surface area contributed by atoms with Crippen LogP contribution in [0.1, 0.15) is 11.1 Å². The van der Waals surface area contributed by atoms with Crippen LogP contribution in [0.4, 0.5) is 0 Å². The van der Waals surface area contributed by atoms with E-state index in [1.54, 1.807) is 0 Å². The number of rotatable bonds is 1. The molecule has 1 nitrogen and oxygen atoms in total. The smallest absolute Gasteiger partial charge is 0.0971 e. The van der Waals surface area contributed by atoms with Gasteiger partial charge in [0.05, 0.1) is 17.5 Å². The molecule has 0 bridgehead atoms. The molecule has 0 atom stereocenters. The minimum atomic E-state index is 0.0963. The van der Waals surface area contributed by atoms with Crippen molar-refractivity contribution >= 4 is 15.9 Å². The largest absolute Gasteiger partial charge is 0.378 e. The lowest BCUT2D eigenvalue weighted by Gasteiger charge is -2.36. The second-order valence-corrected chi connectivity index (χ2v) is 4.85. The minimum absolute atomic E-state index is 0.0963. The molecule has 1 fully saturated rings. The Kier molecular flexibility index (Phi) is 1.97. The quantitative estimate of drug-likeness (QED) is 0.670. The third-order valence-corrected chi connectivity index (χ3v) is 3.11. The molecular formula is C10H11BrO. The lowest BCUT2D eigenvalue weighted by molar-refractivity contribution is -0.00700. The predicted octanol–water partition coefficient (Wildman–Crippen LogP) is 2.62. The van der Waals surface area contributed by atoms with Crippen LogP contribution in [0.25, 0.3) is 0 Å². The van der Waals surface area contributed by atoms with Crippen LogP contribution < -0.4 is 0 Å². The molecule has 0 spiro atoms. The summed E-state index contributed by atoms with van der Waals surface area (Å²) in [7, 11) is 0. The summed E-state index contributed by atoms with van der Waals surface area (Å²) in [6.07, 6.45) is 0. The highest BCUT2D eigenvalue weighted by molar-refractivity contribution is 9.09. The van der Waals surface area contributed by atoms with E-state index in [1.807, 2.05) is 0 Å². The lowest BCUT2D eigenvalue weighted by atomic mass is 9.96. The molecule has 0 amide bonds. The maximum atomic E-state index is 5.19. The Bertz CT molecular complexity index is 292. The fourth-order valence-corrected chi connectivity index (χ4v) is 1.94. The second-order valence-electron chi connectivity index (χ2n) is 3.33. The SMILES string of the molecule is Cc1cccc(C2(Br)COC2)c1. The summed E-state index contributed by atoms with van der Waals surface area (Å²) in [4.78, 5) is 0. The molecule has 0 N–H and O–H groups in total. The van der Waals surface area contributed by atoms with Crippen LogP contribution in [0, 0.1) is 6.92 Å². The zero-order valence-electron chi connectivity index (χ0n) is 7.01. The van der Waals surface area contributed by atoms with Crippen molar-refractivity contribution in [2.75, 3.05) is 13.2 Å². The zero-order valence-corrected chi connectivity index (χ0v) is 8.60. The van der Waals surface area contributed by atoms with E-state index in [2.05, 4.69) is 47.1 Å². The Hall–Kier alpha value is -0.340. The van der Waals surface area contributed by atoms with Gasteiger partial charge in [-0.05, 0) is 12.5 Å². The molecule has 1 aliphatic rings. The van der Waals surface area contributed by atoms with Gasteiger partial charge >= 0.3 is 0 Å². The van der Waals surface area contributed by atoms with Crippen LogP contribution >= 0.6 is 15.9 Å². The van der Waals surface area contributed by atoms with Gasteiger partial charge in [0.15, 0.2) is 0 Å². The van der Waals surface area contributed by atoms with E-state index in [4.69, 9.17) is 4.74 Å². The Labute approximate surface area is 80.9 Å². The second kappa shape index (κ2) is 2.86. The molecule has 1 aliphatic heterocycles. The number of aryl methyl sites for hydroxylation is 1. The van der Waals surface area contributed by atoms with Gasteiger partial charge in [0.2, 0.25) is 0 Å².